The number of hydrogen-bond donors (Lipinski definition) is 1. The third kappa shape index (κ3) is 3.16. The first-order valence-corrected chi connectivity index (χ1v) is 7.12. The van der Waals surface area contributed by atoms with Gasteiger partial charge in [-0.05, 0) is 64.8 Å². The van der Waals surface area contributed by atoms with Crippen LogP contribution in [0.3, 0.4) is 0 Å². The minimum atomic E-state index is -0.416. The number of ether oxygens (including phenoxy) is 1. The van der Waals surface area contributed by atoms with Crippen LogP contribution >= 0.6 is 0 Å². The smallest absolute Gasteiger partial charge is 0.410 e. The molecule has 2 aliphatic rings. The van der Waals surface area contributed by atoms with Crippen molar-refractivity contribution in [3.63, 3.8) is 0 Å². The number of piperidine rings is 1. The van der Waals surface area contributed by atoms with Gasteiger partial charge >= 0.3 is 6.09 Å². The van der Waals surface area contributed by atoms with Crippen LogP contribution in [0.5, 0.6) is 0 Å². The molecular formula is C14H26N2O2. The van der Waals surface area contributed by atoms with Gasteiger partial charge in [-0.1, -0.05) is 0 Å². The largest absolute Gasteiger partial charge is 0.444 e. The highest BCUT2D eigenvalue weighted by molar-refractivity contribution is 5.69. The van der Waals surface area contributed by atoms with Gasteiger partial charge in [-0.3, -0.25) is 0 Å². The molecular weight excluding hydrogens is 228 g/mol. The number of amides is 1. The summed E-state index contributed by atoms with van der Waals surface area (Å²) in [5, 5.41) is 0. The first-order valence-electron chi connectivity index (χ1n) is 7.12. The summed E-state index contributed by atoms with van der Waals surface area (Å²) >= 11 is 0. The standard InChI is InChI=1S/C14H26N2O2/c1-14(2,3)18-13(17)16-8-4-5-11(9-15)12(16)10-6-7-10/h10-12H,4-9,15H2,1-3H3/t11-,12-/m0/s1. The summed E-state index contributed by atoms with van der Waals surface area (Å²) in [5.41, 5.74) is 5.45. The molecule has 1 aliphatic heterocycles. The Morgan fingerprint density at radius 2 is 2.00 bits per heavy atom. The van der Waals surface area contributed by atoms with Crippen LogP contribution < -0.4 is 5.73 Å². The summed E-state index contributed by atoms with van der Waals surface area (Å²) in [5.74, 6) is 1.12. The molecule has 4 nitrogen and oxygen atoms in total. The maximum absolute atomic E-state index is 12.3. The summed E-state index contributed by atoms with van der Waals surface area (Å²) < 4.78 is 5.52. The van der Waals surface area contributed by atoms with E-state index in [4.69, 9.17) is 10.5 Å². The molecule has 2 N–H and O–H groups in total. The highest BCUT2D eigenvalue weighted by Crippen LogP contribution is 2.42. The van der Waals surface area contributed by atoms with E-state index in [2.05, 4.69) is 0 Å². The SMILES string of the molecule is CC(C)(C)OC(=O)N1CCC[C@@H](CN)[C@@H]1C1CC1. The van der Waals surface area contributed by atoms with Crippen LogP contribution in [-0.2, 0) is 4.74 Å². The molecule has 104 valence electrons. The number of carbonyl (C=O) groups is 1. The summed E-state index contributed by atoms with van der Waals surface area (Å²) in [7, 11) is 0. The third-order valence-corrected chi connectivity index (χ3v) is 3.85. The molecule has 1 aliphatic carbocycles. The molecule has 0 aromatic heterocycles. The van der Waals surface area contributed by atoms with Gasteiger partial charge in [0.25, 0.3) is 0 Å². The molecule has 1 saturated carbocycles. The van der Waals surface area contributed by atoms with Gasteiger partial charge in [-0.15, -0.1) is 0 Å². The number of likely N-dealkylation sites (tertiary alicyclic amines) is 1. The van der Waals surface area contributed by atoms with E-state index in [-0.39, 0.29) is 6.09 Å². The fourth-order valence-electron chi connectivity index (χ4n) is 2.97. The van der Waals surface area contributed by atoms with Gasteiger partial charge in [0, 0.05) is 12.6 Å². The Kier molecular flexibility index (Phi) is 3.85. The topological polar surface area (TPSA) is 55.6 Å². The third-order valence-electron chi connectivity index (χ3n) is 3.85. The Morgan fingerprint density at radius 3 is 2.50 bits per heavy atom. The maximum Gasteiger partial charge on any atom is 0.410 e. The molecule has 4 heteroatoms. The van der Waals surface area contributed by atoms with Gasteiger partial charge < -0.3 is 15.4 Å². The summed E-state index contributed by atoms with van der Waals surface area (Å²) in [6.45, 7) is 7.26. The Balaban J connectivity index is 2.06. The second kappa shape index (κ2) is 5.08. The Morgan fingerprint density at radius 1 is 1.33 bits per heavy atom. The van der Waals surface area contributed by atoms with Gasteiger partial charge in [-0.25, -0.2) is 4.79 Å². The van der Waals surface area contributed by atoms with E-state index in [1.807, 2.05) is 25.7 Å². The summed E-state index contributed by atoms with van der Waals surface area (Å²) in [6, 6.07) is 0.318. The van der Waals surface area contributed by atoms with E-state index in [0.717, 1.165) is 19.4 Å². The lowest BCUT2D eigenvalue weighted by Crippen LogP contribution is -2.52. The van der Waals surface area contributed by atoms with Crippen molar-refractivity contribution >= 4 is 6.09 Å². The first-order chi connectivity index (χ1) is 8.42. The molecule has 0 radical (unpaired) electrons. The molecule has 0 aromatic rings. The average molecular weight is 254 g/mol. The van der Waals surface area contributed by atoms with Crippen LogP contribution in [0, 0.1) is 11.8 Å². The maximum atomic E-state index is 12.3. The van der Waals surface area contributed by atoms with Crippen molar-refractivity contribution < 1.29 is 9.53 Å². The van der Waals surface area contributed by atoms with Crippen molar-refractivity contribution in [1.82, 2.24) is 4.90 Å². The molecule has 1 heterocycles. The van der Waals surface area contributed by atoms with Crippen molar-refractivity contribution in [2.75, 3.05) is 13.1 Å². The second-order valence-corrected chi connectivity index (χ2v) is 6.64. The van der Waals surface area contributed by atoms with E-state index in [9.17, 15) is 4.79 Å². The number of rotatable bonds is 2. The minimum Gasteiger partial charge on any atom is -0.444 e. The summed E-state index contributed by atoms with van der Waals surface area (Å²) in [4.78, 5) is 14.2. The molecule has 2 atom stereocenters. The molecule has 0 aromatic carbocycles. The highest BCUT2D eigenvalue weighted by atomic mass is 16.6. The van der Waals surface area contributed by atoms with E-state index < -0.39 is 5.60 Å². The van der Waals surface area contributed by atoms with Crippen molar-refractivity contribution in [2.24, 2.45) is 17.6 Å². The van der Waals surface area contributed by atoms with Gasteiger partial charge in [-0.2, -0.15) is 0 Å². The molecule has 1 amide bonds. The quantitative estimate of drug-likeness (QED) is 0.823. The average Bonchev–Trinajstić information content (AvgIpc) is 3.09. The van der Waals surface area contributed by atoms with Crippen LogP contribution in [0.4, 0.5) is 4.79 Å². The zero-order valence-electron chi connectivity index (χ0n) is 11.8. The van der Waals surface area contributed by atoms with Crippen LogP contribution in [0.15, 0.2) is 0 Å². The molecule has 18 heavy (non-hydrogen) atoms. The van der Waals surface area contributed by atoms with Crippen LogP contribution in [0.1, 0.15) is 46.5 Å². The van der Waals surface area contributed by atoms with Crippen LogP contribution in [0.2, 0.25) is 0 Å². The zero-order chi connectivity index (χ0) is 13.3. The number of nitrogens with zero attached hydrogens (tertiary/aromatic N) is 1. The summed E-state index contributed by atoms with van der Waals surface area (Å²) in [6.07, 6.45) is 4.51. The Bertz CT molecular complexity index is 307. The van der Waals surface area contributed by atoms with Crippen molar-refractivity contribution in [1.29, 1.82) is 0 Å². The molecule has 0 spiro atoms. The molecule has 1 saturated heterocycles. The van der Waals surface area contributed by atoms with E-state index in [1.54, 1.807) is 0 Å². The fraction of sp³-hybridized carbons (Fsp3) is 0.929. The van der Waals surface area contributed by atoms with E-state index in [0.29, 0.717) is 24.4 Å². The number of nitrogens with two attached hydrogens (primary N) is 1. The predicted octanol–water partition coefficient (Wildman–Crippen LogP) is 2.37. The Hall–Kier alpha value is -0.770. The van der Waals surface area contributed by atoms with E-state index >= 15 is 0 Å². The van der Waals surface area contributed by atoms with Crippen LogP contribution in [-0.4, -0.2) is 35.7 Å². The molecule has 2 rings (SSSR count). The monoisotopic (exact) mass is 254 g/mol. The van der Waals surface area contributed by atoms with Crippen molar-refractivity contribution in [3.05, 3.63) is 0 Å². The Labute approximate surface area is 110 Å². The van der Waals surface area contributed by atoms with Gasteiger partial charge in [0.2, 0.25) is 0 Å². The normalized spacial score (nSPS) is 29.2. The van der Waals surface area contributed by atoms with E-state index in [1.165, 1.54) is 12.8 Å². The first kappa shape index (κ1) is 13.7. The lowest BCUT2D eigenvalue weighted by Gasteiger charge is -2.41. The number of carbonyl (C=O) groups excluding carboxylic acids is 1. The molecule has 0 unspecified atom stereocenters. The van der Waals surface area contributed by atoms with Crippen molar-refractivity contribution in [2.45, 2.75) is 58.1 Å². The molecule has 2 fully saturated rings. The number of hydrogen-bond acceptors (Lipinski definition) is 3. The van der Waals surface area contributed by atoms with Gasteiger partial charge in [0.15, 0.2) is 0 Å². The second-order valence-electron chi connectivity index (χ2n) is 6.64. The highest BCUT2D eigenvalue weighted by Gasteiger charge is 2.44. The zero-order valence-corrected chi connectivity index (χ0v) is 11.8. The lowest BCUT2D eigenvalue weighted by atomic mass is 9.86. The molecule has 0 bridgehead atoms. The lowest BCUT2D eigenvalue weighted by molar-refractivity contribution is -0.00311. The van der Waals surface area contributed by atoms with Gasteiger partial charge in [0.05, 0.1) is 0 Å². The fourth-order valence-corrected chi connectivity index (χ4v) is 2.97. The van der Waals surface area contributed by atoms with Gasteiger partial charge in [0.1, 0.15) is 5.60 Å². The predicted molar refractivity (Wildman–Crippen MR) is 71.2 cm³/mol. The van der Waals surface area contributed by atoms with Crippen molar-refractivity contribution in [3.8, 4) is 0 Å². The van der Waals surface area contributed by atoms with Crippen LogP contribution in [0.25, 0.3) is 0 Å². The minimum absolute atomic E-state index is 0.155.